The summed E-state index contributed by atoms with van der Waals surface area (Å²) >= 11 is 3.73. The molecule has 4 heteroatoms. The van der Waals surface area contributed by atoms with E-state index >= 15 is 0 Å². The van der Waals surface area contributed by atoms with Gasteiger partial charge in [-0.3, -0.25) is 4.68 Å². The molecule has 0 fully saturated rings. The lowest BCUT2D eigenvalue weighted by molar-refractivity contribution is 0.362. The highest BCUT2D eigenvalue weighted by Crippen LogP contribution is 2.30. The molecule has 0 saturated heterocycles. The smallest absolute Gasteiger partial charge is 0.0766 e. The van der Waals surface area contributed by atoms with E-state index in [0.29, 0.717) is 6.04 Å². The lowest BCUT2D eigenvalue weighted by atomic mass is 9.85. The SMILES string of the molecule is C=CC(C)(CNC(C)C)Cc1c(Br)c(CC)nn1CC. The molecule has 1 heterocycles. The van der Waals surface area contributed by atoms with Crippen LogP contribution in [0.3, 0.4) is 0 Å². The first-order valence-corrected chi connectivity index (χ1v) is 8.27. The molecule has 0 aromatic carbocycles. The van der Waals surface area contributed by atoms with E-state index in [1.807, 2.05) is 0 Å². The van der Waals surface area contributed by atoms with Gasteiger partial charge in [0.25, 0.3) is 0 Å². The van der Waals surface area contributed by atoms with Gasteiger partial charge in [-0.15, -0.1) is 6.58 Å². The van der Waals surface area contributed by atoms with Gasteiger partial charge in [0, 0.05) is 31.0 Å². The van der Waals surface area contributed by atoms with Gasteiger partial charge in [0.2, 0.25) is 0 Å². The van der Waals surface area contributed by atoms with E-state index in [1.165, 1.54) is 10.2 Å². The van der Waals surface area contributed by atoms with E-state index in [4.69, 9.17) is 0 Å². The maximum absolute atomic E-state index is 4.68. The van der Waals surface area contributed by atoms with Crippen LogP contribution >= 0.6 is 15.9 Å². The highest BCUT2D eigenvalue weighted by Gasteiger charge is 2.25. The summed E-state index contributed by atoms with van der Waals surface area (Å²) < 4.78 is 3.28. The molecule has 0 aliphatic heterocycles. The van der Waals surface area contributed by atoms with Crippen LogP contribution in [-0.4, -0.2) is 22.4 Å². The lowest BCUT2D eigenvalue weighted by Gasteiger charge is -2.28. The van der Waals surface area contributed by atoms with Gasteiger partial charge in [-0.25, -0.2) is 0 Å². The molecule has 1 atom stereocenters. The van der Waals surface area contributed by atoms with Gasteiger partial charge in [0.05, 0.1) is 15.9 Å². The second kappa shape index (κ2) is 7.41. The summed E-state index contributed by atoms with van der Waals surface area (Å²) in [6.45, 7) is 16.7. The van der Waals surface area contributed by atoms with Crippen LogP contribution in [0.4, 0.5) is 0 Å². The predicted molar refractivity (Wildman–Crippen MR) is 90.1 cm³/mol. The number of rotatable bonds is 8. The molecule has 1 aromatic heterocycles. The molecule has 3 nitrogen and oxygen atoms in total. The summed E-state index contributed by atoms with van der Waals surface area (Å²) in [4.78, 5) is 0. The molecule has 0 amide bonds. The van der Waals surface area contributed by atoms with E-state index in [9.17, 15) is 0 Å². The average Bonchev–Trinajstić information content (AvgIpc) is 2.73. The summed E-state index contributed by atoms with van der Waals surface area (Å²) in [7, 11) is 0. The van der Waals surface area contributed by atoms with Crippen molar-refractivity contribution in [3.8, 4) is 0 Å². The van der Waals surface area contributed by atoms with Gasteiger partial charge < -0.3 is 5.32 Å². The Bertz CT molecular complexity index is 451. The van der Waals surface area contributed by atoms with Crippen LogP contribution in [0.1, 0.15) is 46.0 Å². The zero-order valence-electron chi connectivity index (χ0n) is 13.5. The largest absolute Gasteiger partial charge is 0.314 e. The third kappa shape index (κ3) is 4.19. The molecule has 1 rings (SSSR count). The monoisotopic (exact) mass is 341 g/mol. The number of aryl methyl sites for hydroxylation is 2. The van der Waals surface area contributed by atoms with Crippen LogP contribution in [0.2, 0.25) is 0 Å². The zero-order chi connectivity index (χ0) is 15.3. The molecule has 20 heavy (non-hydrogen) atoms. The summed E-state index contributed by atoms with van der Waals surface area (Å²) in [5.41, 5.74) is 2.45. The molecule has 1 N–H and O–H groups in total. The standard InChI is InChI=1S/C16H28BrN3/c1-7-13-15(17)14(20(9-3)19-13)10-16(6,8-2)11-18-12(4)5/h8,12,18H,2,7,9-11H2,1,3-6H3. The average molecular weight is 342 g/mol. The van der Waals surface area contributed by atoms with Crippen molar-refractivity contribution in [1.82, 2.24) is 15.1 Å². The van der Waals surface area contributed by atoms with E-state index < -0.39 is 0 Å². The van der Waals surface area contributed by atoms with Gasteiger partial charge in [-0.05, 0) is 29.3 Å². The van der Waals surface area contributed by atoms with Crippen molar-refractivity contribution >= 4 is 15.9 Å². The quantitative estimate of drug-likeness (QED) is 0.725. The van der Waals surface area contributed by atoms with Crippen molar-refractivity contribution < 1.29 is 0 Å². The molecule has 114 valence electrons. The van der Waals surface area contributed by atoms with Gasteiger partial charge in [0.15, 0.2) is 0 Å². The molecule has 0 aliphatic carbocycles. The maximum Gasteiger partial charge on any atom is 0.0766 e. The summed E-state index contributed by atoms with van der Waals surface area (Å²) in [6.07, 6.45) is 3.96. The van der Waals surface area contributed by atoms with Gasteiger partial charge in [0.1, 0.15) is 0 Å². The van der Waals surface area contributed by atoms with Crippen LogP contribution in [0, 0.1) is 5.41 Å². The minimum atomic E-state index is 0.0325. The number of halogens is 1. The Morgan fingerprint density at radius 3 is 2.55 bits per heavy atom. The van der Waals surface area contributed by atoms with Gasteiger partial charge >= 0.3 is 0 Å². The van der Waals surface area contributed by atoms with Crippen molar-refractivity contribution in [2.24, 2.45) is 5.41 Å². The van der Waals surface area contributed by atoms with Crippen molar-refractivity contribution in [2.45, 2.75) is 60.0 Å². The Kier molecular flexibility index (Phi) is 6.46. The fraction of sp³-hybridized carbons (Fsp3) is 0.688. The zero-order valence-corrected chi connectivity index (χ0v) is 15.0. The number of hydrogen-bond acceptors (Lipinski definition) is 2. The molecule has 1 unspecified atom stereocenters. The molecular weight excluding hydrogens is 314 g/mol. The minimum absolute atomic E-state index is 0.0325. The highest BCUT2D eigenvalue weighted by atomic mass is 79.9. The fourth-order valence-corrected chi connectivity index (χ4v) is 2.92. The van der Waals surface area contributed by atoms with Crippen molar-refractivity contribution in [1.29, 1.82) is 0 Å². The third-order valence-corrected chi connectivity index (χ3v) is 4.59. The number of hydrogen-bond donors (Lipinski definition) is 1. The number of aromatic nitrogens is 2. The van der Waals surface area contributed by atoms with E-state index in [-0.39, 0.29) is 5.41 Å². The second-order valence-electron chi connectivity index (χ2n) is 5.95. The molecule has 0 spiro atoms. The van der Waals surface area contributed by atoms with Crippen LogP contribution in [0.5, 0.6) is 0 Å². The Labute approximate surface area is 132 Å². The van der Waals surface area contributed by atoms with Crippen LogP contribution in [0.25, 0.3) is 0 Å². The van der Waals surface area contributed by atoms with Crippen LogP contribution in [-0.2, 0) is 19.4 Å². The summed E-state index contributed by atoms with van der Waals surface area (Å²) in [6, 6.07) is 0.486. The Morgan fingerprint density at radius 1 is 1.45 bits per heavy atom. The van der Waals surface area contributed by atoms with Crippen molar-refractivity contribution in [3.05, 3.63) is 28.5 Å². The minimum Gasteiger partial charge on any atom is -0.314 e. The molecule has 0 saturated carbocycles. The number of nitrogens with zero attached hydrogens (tertiary/aromatic N) is 2. The Hall–Kier alpha value is -0.610. The van der Waals surface area contributed by atoms with E-state index in [1.54, 1.807) is 0 Å². The molecule has 0 bridgehead atoms. The normalized spacial score (nSPS) is 14.6. The first kappa shape index (κ1) is 17.4. The molecule has 0 aliphatic rings. The van der Waals surface area contributed by atoms with Gasteiger partial charge in [-0.2, -0.15) is 5.10 Å². The first-order chi connectivity index (χ1) is 9.36. The van der Waals surface area contributed by atoms with Crippen LogP contribution in [0.15, 0.2) is 17.1 Å². The second-order valence-corrected chi connectivity index (χ2v) is 6.74. The molecule has 1 aromatic rings. The highest BCUT2D eigenvalue weighted by molar-refractivity contribution is 9.10. The third-order valence-electron chi connectivity index (χ3n) is 3.67. The van der Waals surface area contributed by atoms with Crippen LogP contribution < -0.4 is 5.32 Å². The first-order valence-electron chi connectivity index (χ1n) is 7.47. The topological polar surface area (TPSA) is 29.9 Å². The van der Waals surface area contributed by atoms with Crippen molar-refractivity contribution in [3.63, 3.8) is 0 Å². The molecule has 0 radical (unpaired) electrons. The Balaban J connectivity index is 2.99. The predicted octanol–water partition coefficient (Wildman–Crippen LogP) is 3.96. The molecular formula is C16H28BrN3. The summed E-state index contributed by atoms with van der Waals surface area (Å²) in [5.74, 6) is 0. The summed E-state index contributed by atoms with van der Waals surface area (Å²) in [5, 5.41) is 8.19. The lowest BCUT2D eigenvalue weighted by Crippen LogP contribution is -2.36. The van der Waals surface area contributed by atoms with E-state index in [0.717, 1.165) is 31.6 Å². The fourth-order valence-electron chi connectivity index (χ4n) is 2.21. The Morgan fingerprint density at radius 2 is 2.10 bits per heavy atom. The number of nitrogens with one attached hydrogen (secondary N) is 1. The maximum atomic E-state index is 4.68. The van der Waals surface area contributed by atoms with E-state index in [2.05, 4.69) is 78.3 Å². The van der Waals surface area contributed by atoms with Crippen molar-refractivity contribution in [2.75, 3.05) is 6.54 Å². The van der Waals surface area contributed by atoms with Gasteiger partial charge in [-0.1, -0.05) is 33.8 Å².